The van der Waals surface area contributed by atoms with E-state index in [9.17, 15) is 22.6 Å². The maximum atomic E-state index is 12.8. The Morgan fingerprint density at radius 3 is 2.41 bits per heavy atom. The number of Topliss-reactive ketones (excluding diaryl/α,β-unsaturated/α-hetero) is 2. The summed E-state index contributed by atoms with van der Waals surface area (Å²) in [6.45, 7) is 0. The molecule has 2 aromatic carbocycles. The normalized spacial score (nSPS) is 16.4. The van der Waals surface area contributed by atoms with E-state index in [1.807, 2.05) is 0 Å². The van der Waals surface area contributed by atoms with Crippen molar-refractivity contribution in [2.75, 3.05) is 0 Å². The zero-order valence-corrected chi connectivity index (χ0v) is 15.9. The Kier molecular flexibility index (Phi) is 4.94. The molecule has 1 unspecified atom stereocenters. The summed E-state index contributed by atoms with van der Waals surface area (Å²) in [5, 5.41) is 12.6. The molecule has 0 radical (unpaired) electrons. The van der Waals surface area contributed by atoms with Gasteiger partial charge in [-0.3, -0.25) is 19.1 Å². The second-order valence-corrected chi connectivity index (χ2v) is 8.36. The van der Waals surface area contributed by atoms with E-state index in [-0.39, 0.29) is 16.8 Å². The van der Waals surface area contributed by atoms with Crippen molar-refractivity contribution in [3.63, 3.8) is 0 Å². The van der Waals surface area contributed by atoms with Gasteiger partial charge >= 0.3 is 0 Å². The summed E-state index contributed by atoms with van der Waals surface area (Å²) in [5.74, 6) is -2.30. The summed E-state index contributed by atoms with van der Waals surface area (Å²) in [7, 11) is -4.51. The van der Waals surface area contributed by atoms with Crippen LogP contribution in [0.3, 0.4) is 0 Å². The number of fused-ring (bicyclic) bond motifs is 2. The summed E-state index contributed by atoms with van der Waals surface area (Å²) in [5.41, 5.74) is 0.685. The lowest BCUT2D eigenvalue weighted by Gasteiger charge is -2.08. The maximum absolute atomic E-state index is 12.8. The van der Waals surface area contributed by atoms with Crippen LogP contribution >= 0.6 is 12.0 Å². The standard InChI is InChI=1S/C18H11NO8S2/c20-17-12-5-4-11(29(23,24)25)8-13(12)18(21)16(17)14-6-2-9-1-3-10(28-27-26-22)7-15(9)19-14/h1-8,16,22H,(H,23,24,25). The number of ketones is 2. The predicted molar refractivity (Wildman–Crippen MR) is 100 cm³/mol. The molecule has 0 spiro atoms. The number of benzene rings is 2. The van der Waals surface area contributed by atoms with Gasteiger partial charge in [0.1, 0.15) is 5.92 Å². The molecule has 0 fully saturated rings. The highest BCUT2D eigenvalue weighted by Gasteiger charge is 2.41. The van der Waals surface area contributed by atoms with Crippen LogP contribution in [0.25, 0.3) is 10.9 Å². The highest BCUT2D eigenvalue weighted by molar-refractivity contribution is 7.94. The van der Waals surface area contributed by atoms with Crippen molar-refractivity contribution in [3.05, 3.63) is 65.4 Å². The summed E-state index contributed by atoms with van der Waals surface area (Å²) in [6, 6.07) is 11.6. The molecule has 0 aliphatic heterocycles. The Morgan fingerprint density at radius 1 is 0.966 bits per heavy atom. The fraction of sp³-hybridized carbons (Fsp3) is 0.0556. The Morgan fingerprint density at radius 2 is 1.69 bits per heavy atom. The van der Waals surface area contributed by atoms with Crippen molar-refractivity contribution in [3.8, 4) is 0 Å². The Bertz CT molecular complexity index is 1270. The predicted octanol–water partition coefficient (Wildman–Crippen LogP) is 3.07. The van der Waals surface area contributed by atoms with Gasteiger partial charge in [-0.05, 0) is 36.4 Å². The molecule has 1 aliphatic rings. The Hall–Kier alpha value is -2.67. The van der Waals surface area contributed by atoms with Crippen LogP contribution in [-0.4, -0.2) is 34.8 Å². The van der Waals surface area contributed by atoms with Crippen LogP contribution in [0.4, 0.5) is 0 Å². The molecule has 148 valence electrons. The lowest BCUT2D eigenvalue weighted by atomic mass is 9.98. The number of aromatic nitrogens is 1. The Balaban J connectivity index is 1.75. The molecule has 0 saturated heterocycles. The fourth-order valence-electron chi connectivity index (χ4n) is 3.18. The molecular weight excluding hydrogens is 422 g/mol. The van der Waals surface area contributed by atoms with Gasteiger partial charge in [-0.15, -0.1) is 4.33 Å². The van der Waals surface area contributed by atoms with Gasteiger partial charge in [0, 0.05) is 21.4 Å². The number of hydrogen-bond acceptors (Lipinski definition) is 9. The first kappa shape index (κ1) is 19.6. The highest BCUT2D eigenvalue weighted by Crippen LogP contribution is 2.35. The number of carbonyl (C=O) groups excluding carboxylic acids is 2. The van der Waals surface area contributed by atoms with Crippen LogP contribution in [0.5, 0.6) is 0 Å². The van der Waals surface area contributed by atoms with Crippen LogP contribution in [0.1, 0.15) is 32.3 Å². The van der Waals surface area contributed by atoms with Crippen LogP contribution in [0, 0.1) is 0 Å². The smallest absolute Gasteiger partial charge is 0.293 e. The largest absolute Gasteiger partial charge is 0.294 e. The average Bonchev–Trinajstić information content (AvgIpc) is 2.95. The van der Waals surface area contributed by atoms with E-state index >= 15 is 0 Å². The highest BCUT2D eigenvalue weighted by atomic mass is 32.2. The summed E-state index contributed by atoms with van der Waals surface area (Å²) >= 11 is 0.741. The number of hydrogen-bond donors (Lipinski definition) is 2. The monoisotopic (exact) mass is 433 g/mol. The minimum Gasteiger partial charge on any atom is -0.293 e. The van der Waals surface area contributed by atoms with E-state index in [2.05, 4.69) is 14.4 Å². The minimum atomic E-state index is -4.51. The van der Waals surface area contributed by atoms with Crippen molar-refractivity contribution in [2.24, 2.45) is 0 Å². The molecule has 0 saturated carbocycles. The number of carbonyl (C=O) groups is 2. The molecule has 3 aromatic rings. The quantitative estimate of drug-likeness (QED) is 0.203. The van der Waals surface area contributed by atoms with Gasteiger partial charge < -0.3 is 0 Å². The third-order valence-corrected chi connectivity index (χ3v) is 5.91. The van der Waals surface area contributed by atoms with Crippen molar-refractivity contribution < 1.29 is 37.2 Å². The molecule has 1 heterocycles. The summed E-state index contributed by atoms with van der Waals surface area (Å²) < 4.78 is 36.2. The zero-order chi connectivity index (χ0) is 20.8. The van der Waals surface area contributed by atoms with Crippen LogP contribution in [0.15, 0.2) is 58.3 Å². The van der Waals surface area contributed by atoms with Crippen LogP contribution < -0.4 is 0 Å². The molecule has 2 N–H and O–H groups in total. The van der Waals surface area contributed by atoms with E-state index in [1.54, 1.807) is 30.3 Å². The fourth-order valence-corrected chi connectivity index (χ4v) is 4.08. The SMILES string of the molecule is O=C1c2ccc(S(=O)(=O)O)cc2C(=O)C1c1ccc2ccc(SOOO)cc2n1. The average molecular weight is 433 g/mol. The summed E-state index contributed by atoms with van der Waals surface area (Å²) in [6.07, 6.45) is 0. The topological polar surface area (TPSA) is 140 Å². The molecule has 11 heteroatoms. The number of nitrogens with zero attached hydrogens (tertiary/aromatic N) is 1. The second-order valence-electron chi connectivity index (χ2n) is 6.16. The van der Waals surface area contributed by atoms with Crippen LogP contribution in [0.2, 0.25) is 0 Å². The van der Waals surface area contributed by atoms with Gasteiger partial charge in [0.2, 0.25) is 0 Å². The molecule has 9 nitrogen and oxygen atoms in total. The molecule has 29 heavy (non-hydrogen) atoms. The zero-order valence-electron chi connectivity index (χ0n) is 14.3. The van der Waals surface area contributed by atoms with Gasteiger partial charge in [-0.2, -0.15) is 8.42 Å². The van der Waals surface area contributed by atoms with E-state index in [0.717, 1.165) is 29.6 Å². The van der Waals surface area contributed by atoms with Crippen LogP contribution in [-0.2, 0) is 19.5 Å². The van der Waals surface area contributed by atoms with Gasteiger partial charge in [0.05, 0.1) is 28.1 Å². The molecule has 1 aromatic heterocycles. The first-order valence-electron chi connectivity index (χ1n) is 8.05. The molecule has 1 aliphatic carbocycles. The van der Waals surface area contributed by atoms with Gasteiger partial charge in [-0.25, -0.2) is 5.26 Å². The van der Waals surface area contributed by atoms with Gasteiger partial charge in [-0.1, -0.05) is 17.2 Å². The third-order valence-electron chi connectivity index (χ3n) is 4.49. The lowest BCUT2D eigenvalue weighted by Crippen LogP contribution is -2.14. The minimum absolute atomic E-state index is 0.0742. The molecule has 0 amide bonds. The number of rotatable bonds is 5. The van der Waals surface area contributed by atoms with E-state index < -0.39 is 32.5 Å². The summed E-state index contributed by atoms with van der Waals surface area (Å²) in [4.78, 5) is 30.1. The first-order chi connectivity index (χ1) is 13.8. The van der Waals surface area contributed by atoms with E-state index in [0.29, 0.717) is 10.4 Å². The maximum Gasteiger partial charge on any atom is 0.294 e. The molecule has 4 rings (SSSR count). The van der Waals surface area contributed by atoms with Crippen molar-refractivity contribution >= 4 is 44.6 Å². The van der Waals surface area contributed by atoms with Gasteiger partial charge in [0.15, 0.2) is 11.6 Å². The van der Waals surface area contributed by atoms with Crippen molar-refractivity contribution in [1.29, 1.82) is 0 Å². The molecule has 0 bridgehead atoms. The third kappa shape index (κ3) is 3.55. The van der Waals surface area contributed by atoms with E-state index in [4.69, 9.17) is 5.26 Å². The van der Waals surface area contributed by atoms with Gasteiger partial charge in [0.25, 0.3) is 10.1 Å². The second kappa shape index (κ2) is 7.30. The van der Waals surface area contributed by atoms with E-state index in [1.165, 1.54) is 6.07 Å². The van der Waals surface area contributed by atoms with Crippen molar-refractivity contribution in [1.82, 2.24) is 4.98 Å². The van der Waals surface area contributed by atoms with Crippen molar-refractivity contribution in [2.45, 2.75) is 15.7 Å². The first-order valence-corrected chi connectivity index (χ1v) is 10.2. The Labute approximate surface area is 168 Å². The molecular formula is C18H11NO8S2. The lowest BCUT2D eigenvalue weighted by molar-refractivity contribution is -0.432. The molecule has 1 atom stereocenters. The number of pyridine rings is 1.